The van der Waals surface area contributed by atoms with E-state index < -0.39 is 62.4 Å². The quantitative estimate of drug-likeness (QED) is 0.330. The number of urea groups is 1. The van der Waals surface area contributed by atoms with Crippen LogP contribution in [0.3, 0.4) is 0 Å². The molecule has 5 amide bonds. The monoisotopic (exact) mass is 615 g/mol. The van der Waals surface area contributed by atoms with Crippen molar-refractivity contribution in [3.8, 4) is 0 Å². The van der Waals surface area contributed by atoms with Crippen molar-refractivity contribution in [3.63, 3.8) is 0 Å². The molecule has 236 valence electrons. The van der Waals surface area contributed by atoms with Crippen molar-refractivity contribution < 1.29 is 27.6 Å². The number of rotatable bonds is 8. The Hall–Kier alpha value is -3.41. The number of fused-ring (bicyclic) bond motifs is 1. The first-order valence-corrected chi connectivity index (χ1v) is 16.1. The van der Waals surface area contributed by atoms with Gasteiger partial charge < -0.3 is 20.9 Å². The minimum Gasteiger partial charge on any atom is -0.339 e. The third-order valence-electron chi connectivity index (χ3n) is 8.97. The highest BCUT2D eigenvalue weighted by molar-refractivity contribution is 7.90. The fourth-order valence-corrected chi connectivity index (χ4v) is 7.39. The first-order chi connectivity index (χ1) is 19.7. The van der Waals surface area contributed by atoms with Crippen molar-refractivity contribution >= 4 is 33.8 Å². The minimum absolute atomic E-state index is 0.0638. The van der Waals surface area contributed by atoms with Crippen molar-refractivity contribution in [1.29, 1.82) is 0 Å². The summed E-state index contributed by atoms with van der Waals surface area (Å²) in [4.78, 5) is 55.9. The summed E-state index contributed by atoms with van der Waals surface area (Å²) in [7, 11) is -4.18. The number of piperidine rings is 1. The number of carbonyl (C=O) groups excluding carboxylic acids is 4. The molecule has 4 rings (SSSR count). The van der Waals surface area contributed by atoms with Crippen LogP contribution in [0.15, 0.2) is 47.9 Å². The van der Waals surface area contributed by atoms with Gasteiger partial charge in [-0.1, -0.05) is 58.9 Å². The molecular formula is C31H45N5O6S. The van der Waals surface area contributed by atoms with Crippen LogP contribution < -0.4 is 20.7 Å². The summed E-state index contributed by atoms with van der Waals surface area (Å²) >= 11 is 0. The maximum Gasteiger partial charge on any atom is 0.315 e. The zero-order valence-corrected chi connectivity index (χ0v) is 27.1. The lowest BCUT2D eigenvalue weighted by molar-refractivity contribution is -0.144. The summed E-state index contributed by atoms with van der Waals surface area (Å²) < 4.78 is 28.0. The van der Waals surface area contributed by atoms with Gasteiger partial charge in [-0.25, -0.2) is 17.9 Å². The molecule has 2 aliphatic carbocycles. The van der Waals surface area contributed by atoms with Gasteiger partial charge in [0.05, 0.1) is 4.90 Å². The number of hydrogen-bond acceptors (Lipinski definition) is 6. The Labute approximate surface area is 254 Å². The van der Waals surface area contributed by atoms with Gasteiger partial charge in [-0.05, 0) is 62.0 Å². The van der Waals surface area contributed by atoms with Crippen LogP contribution in [0.2, 0.25) is 0 Å². The molecule has 2 saturated carbocycles. The van der Waals surface area contributed by atoms with Gasteiger partial charge >= 0.3 is 6.03 Å². The smallest absolute Gasteiger partial charge is 0.315 e. The van der Waals surface area contributed by atoms with Gasteiger partial charge in [-0.3, -0.25) is 14.4 Å². The van der Waals surface area contributed by atoms with Crippen LogP contribution >= 0.6 is 0 Å². The first kappa shape index (κ1) is 32.5. The third kappa shape index (κ3) is 6.30. The molecule has 12 heteroatoms. The molecule has 43 heavy (non-hydrogen) atoms. The average molecular weight is 616 g/mol. The molecule has 3 fully saturated rings. The SMILES string of the molecule is C=CC1C[C@]1(NC(=O)[C@@H]1[C@@H]2C(CN1C(=O)C(NC(=O)NC(C)(C)C)C(C)(C)C)C2(C)C)C(=O)NS(=O)(=O)c1ccccc1. The molecule has 4 N–H and O–H groups in total. The summed E-state index contributed by atoms with van der Waals surface area (Å²) in [5.41, 5.74) is -2.92. The maximum atomic E-state index is 14.1. The molecule has 0 radical (unpaired) electrons. The molecule has 11 nitrogen and oxygen atoms in total. The van der Waals surface area contributed by atoms with Crippen molar-refractivity contribution in [1.82, 2.24) is 25.6 Å². The zero-order chi connectivity index (χ0) is 32.3. The largest absolute Gasteiger partial charge is 0.339 e. The molecule has 1 aromatic carbocycles. The molecule has 1 saturated heterocycles. The molecule has 3 unspecified atom stereocenters. The second-order valence-corrected chi connectivity index (χ2v) is 16.5. The third-order valence-corrected chi connectivity index (χ3v) is 10.3. The van der Waals surface area contributed by atoms with Gasteiger partial charge in [0.15, 0.2) is 0 Å². The Morgan fingerprint density at radius 1 is 1.05 bits per heavy atom. The highest BCUT2D eigenvalue weighted by Gasteiger charge is 2.71. The van der Waals surface area contributed by atoms with E-state index in [4.69, 9.17) is 0 Å². The van der Waals surface area contributed by atoms with E-state index in [1.165, 1.54) is 23.1 Å². The Balaban J connectivity index is 1.58. The molecule has 0 spiro atoms. The van der Waals surface area contributed by atoms with Crippen LogP contribution in [0.4, 0.5) is 4.79 Å². The number of nitrogens with one attached hydrogen (secondary N) is 4. The summed E-state index contributed by atoms with van der Waals surface area (Å²) in [6, 6.07) is 5.18. The van der Waals surface area contributed by atoms with Crippen molar-refractivity contribution in [3.05, 3.63) is 43.0 Å². The second kappa shape index (κ2) is 10.6. The van der Waals surface area contributed by atoms with E-state index in [9.17, 15) is 27.6 Å². The number of sulfonamides is 1. The summed E-state index contributed by atoms with van der Waals surface area (Å²) in [5, 5.41) is 8.47. The van der Waals surface area contributed by atoms with Crippen LogP contribution in [0.25, 0.3) is 0 Å². The number of likely N-dealkylation sites (tertiary alicyclic amines) is 1. The summed E-state index contributed by atoms with van der Waals surface area (Å²) in [6.07, 6.45) is 1.69. The normalized spacial score (nSPS) is 28.1. The van der Waals surface area contributed by atoms with Crippen LogP contribution in [0.1, 0.15) is 61.8 Å². The van der Waals surface area contributed by atoms with E-state index in [1.807, 2.05) is 55.4 Å². The maximum absolute atomic E-state index is 14.1. The molecule has 0 bridgehead atoms. The topological polar surface area (TPSA) is 154 Å². The van der Waals surface area contributed by atoms with E-state index in [1.54, 1.807) is 18.2 Å². The number of amides is 5. The van der Waals surface area contributed by atoms with E-state index in [0.29, 0.717) is 6.54 Å². The lowest BCUT2D eigenvalue weighted by Crippen LogP contribution is -2.62. The lowest BCUT2D eigenvalue weighted by atomic mass is 9.85. The highest BCUT2D eigenvalue weighted by Crippen LogP contribution is 2.65. The second-order valence-electron chi connectivity index (χ2n) is 14.8. The lowest BCUT2D eigenvalue weighted by Gasteiger charge is -2.38. The van der Waals surface area contributed by atoms with Crippen LogP contribution in [-0.2, 0) is 24.4 Å². The first-order valence-electron chi connectivity index (χ1n) is 14.6. The van der Waals surface area contributed by atoms with Gasteiger partial charge in [-0.15, -0.1) is 6.58 Å². The molecule has 1 heterocycles. The Morgan fingerprint density at radius 2 is 1.65 bits per heavy atom. The zero-order valence-electron chi connectivity index (χ0n) is 26.3. The van der Waals surface area contributed by atoms with Crippen LogP contribution in [0, 0.1) is 28.6 Å². The number of nitrogens with zero attached hydrogens (tertiary/aromatic N) is 1. The standard InChI is InChI=1S/C31H45N5O6S/c1-10-18-16-31(18,26(39)35-43(41,42)19-14-12-11-13-15-19)33-24(37)22-21-20(30(21,8)9)17-36(22)25(38)23(28(2,3)4)32-27(40)34-29(5,6)7/h10-15,18,20-23H,1,16-17H2,2-9H3,(H,33,37)(H,35,39)(H2,32,34,40)/t18?,20?,21-,22-,23?,31+/m0/s1. The van der Waals surface area contributed by atoms with Crippen molar-refractivity contribution in [2.75, 3.05) is 6.54 Å². The van der Waals surface area contributed by atoms with Gasteiger partial charge in [0.2, 0.25) is 11.8 Å². The van der Waals surface area contributed by atoms with Crippen LogP contribution in [-0.4, -0.2) is 66.8 Å². The predicted octanol–water partition coefficient (Wildman–Crippen LogP) is 2.55. The predicted molar refractivity (Wildman–Crippen MR) is 162 cm³/mol. The van der Waals surface area contributed by atoms with Gasteiger partial charge in [-0.2, -0.15) is 0 Å². The Kier molecular flexibility index (Phi) is 8.04. The molecule has 3 aliphatic rings. The van der Waals surface area contributed by atoms with E-state index >= 15 is 0 Å². The van der Waals surface area contributed by atoms with Crippen molar-refractivity contribution in [2.24, 2.45) is 28.6 Å². The fraction of sp³-hybridized carbons (Fsp3) is 0.613. The number of carbonyl (C=O) groups is 4. The Bertz CT molecular complexity index is 1430. The van der Waals surface area contributed by atoms with Crippen molar-refractivity contribution in [2.45, 2.75) is 89.9 Å². The molecular weight excluding hydrogens is 570 g/mol. The van der Waals surface area contributed by atoms with Gasteiger partial charge in [0.25, 0.3) is 15.9 Å². The number of hydrogen-bond donors (Lipinski definition) is 4. The average Bonchev–Trinajstić information content (AvgIpc) is 3.63. The van der Waals surface area contributed by atoms with E-state index in [-0.39, 0.29) is 34.5 Å². The molecule has 0 aromatic heterocycles. The summed E-state index contributed by atoms with van der Waals surface area (Å²) in [5.74, 6) is -2.36. The molecule has 1 aromatic rings. The van der Waals surface area contributed by atoms with Gasteiger partial charge in [0.1, 0.15) is 17.6 Å². The molecule has 6 atom stereocenters. The summed E-state index contributed by atoms with van der Waals surface area (Å²) in [6.45, 7) is 19.2. The van der Waals surface area contributed by atoms with Gasteiger partial charge in [0, 0.05) is 18.0 Å². The minimum atomic E-state index is -4.18. The highest BCUT2D eigenvalue weighted by atomic mass is 32.2. The van der Waals surface area contributed by atoms with Crippen LogP contribution in [0.5, 0.6) is 0 Å². The fourth-order valence-electron chi connectivity index (χ4n) is 6.34. The molecule has 1 aliphatic heterocycles. The van der Waals surface area contributed by atoms with E-state index in [2.05, 4.69) is 27.3 Å². The van der Waals surface area contributed by atoms with E-state index in [0.717, 1.165) is 0 Å². The Morgan fingerprint density at radius 3 is 2.16 bits per heavy atom. The number of benzene rings is 1.